The fourth-order valence-electron chi connectivity index (χ4n) is 2.30. The van der Waals surface area contributed by atoms with Crippen molar-refractivity contribution in [2.75, 3.05) is 20.6 Å². The van der Waals surface area contributed by atoms with Gasteiger partial charge in [-0.3, -0.25) is 0 Å². The van der Waals surface area contributed by atoms with Crippen molar-refractivity contribution >= 4 is 22.7 Å². The third-order valence-corrected chi connectivity index (χ3v) is 5.09. The van der Waals surface area contributed by atoms with Gasteiger partial charge in [-0.05, 0) is 42.6 Å². The molecule has 23 heavy (non-hydrogen) atoms. The summed E-state index contributed by atoms with van der Waals surface area (Å²) in [6, 6.07) is 4.37. The van der Waals surface area contributed by atoms with Crippen LogP contribution in [0, 0.1) is 0 Å². The highest BCUT2D eigenvalue weighted by Crippen LogP contribution is 2.21. The van der Waals surface area contributed by atoms with E-state index in [0.29, 0.717) is 11.9 Å². The van der Waals surface area contributed by atoms with Gasteiger partial charge in [0.05, 0.1) is 5.69 Å². The zero-order valence-electron chi connectivity index (χ0n) is 13.1. The first-order valence-corrected chi connectivity index (χ1v) is 9.17. The second-order valence-electron chi connectivity index (χ2n) is 5.38. The summed E-state index contributed by atoms with van der Waals surface area (Å²) in [4.78, 5) is 15.3. The maximum Gasteiger partial charge on any atom is 0.188 e. The lowest BCUT2D eigenvalue weighted by molar-refractivity contribution is 0.288. The molecule has 7 heteroatoms. The Hall–Kier alpha value is -1.67. The van der Waals surface area contributed by atoms with E-state index in [2.05, 4.69) is 61.5 Å². The molecule has 0 radical (unpaired) electrons. The van der Waals surface area contributed by atoms with Crippen molar-refractivity contribution in [3.8, 4) is 10.8 Å². The molecular weight excluding hydrogens is 326 g/mol. The van der Waals surface area contributed by atoms with Gasteiger partial charge in [-0.2, -0.15) is 11.3 Å². The molecule has 3 rings (SSSR count). The molecule has 1 N–H and O–H groups in total. The third kappa shape index (κ3) is 4.20. The van der Waals surface area contributed by atoms with Crippen molar-refractivity contribution < 1.29 is 0 Å². The number of thiophene rings is 1. The highest BCUT2D eigenvalue weighted by molar-refractivity contribution is 7.13. The fraction of sp³-hybridized carbons (Fsp3) is 0.312. The molecule has 0 aliphatic rings. The number of nitrogens with zero attached hydrogens (tertiary/aromatic N) is 4. The lowest BCUT2D eigenvalue weighted by Gasteiger charge is -2.23. The largest absolute Gasteiger partial charge is 0.309 e. The van der Waals surface area contributed by atoms with Crippen molar-refractivity contribution in [3.05, 3.63) is 51.9 Å². The van der Waals surface area contributed by atoms with Gasteiger partial charge < -0.3 is 10.2 Å². The van der Waals surface area contributed by atoms with Crippen LogP contribution >= 0.6 is 22.7 Å². The van der Waals surface area contributed by atoms with E-state index in [0.717, 1.165) is 23.8 Å². The Morgan fingerprint density at radius 2 is 2.04 bits per heavy atom. The molecule has 0 unspecified atom stereocenters. The van der Waals surface area contributed by atoms with Gasteiger partial charge >= 0.3 is 0 Å². The Labute approximate surface area is 144 Å². The van der Waals surface area contributed by atoms with E-state index in [-0.39, 0.29) is 0 Å². The number of nitrogens with one attached hydrogen (secondary N) is 1. The van der Waals surface area contributed by atoms with Crippen LogP contribution in [0.3, 0.4) is 0 Å². The number of likely N-dealkylation sites (N-methyl/N-ethyl adjacent to an activating group) is 1. The number of hydrogen-bond donors (Lipinski definition) is 1. The summed E-state index contributed by atoms with van der Waals surface area (Å²) in [6.07, 6.45) is 3.48. The summed E-state index contributed by atoms with van der Waals surface area (Å²) in [5.41, 5.74) is 2.38. The van der Waals surface area contributed by atoms with Crippen molar-refractivity contribution in [1.29, 1.82) is 0 Å². The first-order chi connectivity index (χ1) is 11.2. The van der Waals surface area contributed by atoms with Gasteiger partial charge in [-0.15, -0.1) is 11.3 Å². The molecule has 3 heterocycles. The van der Waals surface area contributed by atoms with Crippen LogP contribution in [-0.2, 0) is 6.54 Å². The average Bonchev–Trinajstić information content (AvgIpc) is 3.24. The molecule has 0 saturated carbocycles. The van der Waals surface area contributed by atoms with Crippen molar-refractivity contribution in [2.24, 2.45) is 0 Å². The molecule has 0 aliphatic heterocycles. The summed E-state index contributed by atoms with van der Waals surface area (Å²) < 4.78 is 0. The summed E-state index contributed by atoms with van der Waals surface area (Å²) >= 11 is 3.32. The lowest BCUT2D eigenvalue weighted by atomic mass is 10.1. The summed E-state index contributed by atoms with van der Waals surface area (Å²) in [7, 11) is 4.22. The average molecular weight is 345 g/mol. The third-order valence-electron chi connectivity index (χ3n) is 3.50. The zero-order valence-corrected chi connectivity index (χ0v) is 14.8. The van der Waals surface area contributed by atoms with Crippen LogP contribution in [0.4, 0.5) is 0 Å². The molecule has 3 aromatic heterocycles. The quantitative estimate of drug-likeness (QED) is 0.713. The second kappa shape index (κ2) is 7.74. The SMILES string of the molecule is CN(C)[C@@H](CNCc1csc(-c2ncccn2)n1)c1ccsc1. The molecule has 1 atom stereocenters. The minimum Gasteiger partial charge on any atom is -0.309 e. The van der Waals surface area contributed by atoms with E-state index in [1.165, 1.54) is 5.56 Å². The summed E-state index contributed by atoms with van der Waals surface area (Å²) in [5.74, 6) is 0.688. The van der Waals surface area contributed by atoms with Crippen LogP contribution in [0.15, 0.2) is 40.7 Å². The maximum atomic E-state index is 4.60. The van der Waals surface area contributed by atoms with E-state index in [1.807, 2.05) is 6.07 Å². The maximum absolute atomic E-state index is 4.60. The second-order valence-corrected chi connectivity index (χ2v) is 7.02. The molecular formula is C16H19N5S2. The predicted octanol–water partition coefficient (Wildman–Crippen LogP) is 3.05. The highest BCUT2D eigenvalue weighted by Gasteiger charge is 2.14. The molecule has 0 saturated heterocycles. The Bertz CT molecular complexity index is 709. The normalized spacial score (nSPS) is 12.7. The van der Waals surface area contributed by atoms with Crippen LogP contribution in [0.1, 0.15) is 17.3 Å². The van der Waals surface area contributed by atoms with Crippen LogP contribution in [0.25, 0.3) is 10.8 Å². The standard InChI is InChI=1S/C16H19N5S2/c1-21(2)14(12-4-7-22-10-12)9-17-8-13-11-23-16(20-13)15-18-5-3-6-19-15/h3-7,10-11,14,17H,8-9H2,1-2H3/t14-/m0/s1. The van der Waals surface area contributed by atoms with Gasteiger partial charge in [0.2, 0.25) is 0 Å². The monoisotopic (exact) mass is 345 g/mol. The fourth-order valence-corrected chi connectivity index (χ4v) is 3.77. The molecule has 120 valence electrons. The number of rotatable bonds is 7. The number of hydrogen-bond acceptors (Lipinski definition) is 7. The Morgan fingerprint density at radius 3 is 2.74 bits per heavy atom. The molecule has 0 fully saturated rings. The Kier molecular flexibility index (Phi) is 5.45. The Morgan fingerprint density at radius 1 is 1.22 bits per heavy atom. The van der Waals surface area contributed by atoms with Crippen molar-refractivity contribution in [2.45, 2.75) is 12.6 Å². The van der Waals surface area contributed by atoms with E-state index in [4.69, 9.17) is 0 Å². The summed E-state index contributed by atoms with van der Waals surface area (Å²) in [6.45, 7) is 1.64. The minimum atomic E-state index is 0.372. The van der Waals surface area contributed by atoms with Crippen LogP contribution in [-0.4, -0.2) is 40.5 Å². The molecule has 0 bridgehead atoms. The number of aromatic nitrogens is 3. The molecule has 0 aliphatic carbocycles. The van der Waals surface area contributed by atoms with Crippen molar-refractivity contribution in [1.82, 2.24) is 25.2 Å². The molecule has 0 amide bonds. The van der Waals surface area contributed by atoms with E-state index < -0.39 is 0 Å². The van der Waals surface area contributed by atoms with Gasteiger partial charge in [0, 0.05) is 36.9 Å². The molecule has 5 nitrogen and oxygen atoms in total. The Balaban J connectivity index is 1.57. The minimum absolute atomic E-state index is 0.372. The van der Waals surface area contributed by atoms with Crippen LogP contribution < -0.4 is 5.32 Å². The predicted molar refractivity (Wildman–Crippen MR) is 95.6 cm³/mol. The van der Waals surface area contributed by atoms with Gasteiger partial charge in [0.15, 0.2) is 10.8 Å². The smallest absolute Gasteiger partial charge is 0.188 e. The van der Waals surface area contributed by atoms with Crippen LogP contribution in [0.5, 0.6) is 0 Å². The highest BCUT2D eigenvalue weighted by atomic mass is 32.1. The van der Waals surface area contributed by atoms with Crippen LogP contribution in [0.2, 0.25) is 0 Å². The van der Waals surface area contributed by atoms with E-state index >= 15 is 0 Å². The first-order valence-electron chi connectivity index (χ1n) is 7.35. The zero-order chi connectivity index (χ0) is 16.1. The molecule has 3 aromatic rings. The first kappa shape index (κ1) is 16.2. The van der Waals surface area contributed by atoms with Gasteiger partial charge in [-0.1, -0.05) is 0 Å². The van der Waals surface area contributed by atoms with Crippen molar-refractivity contribution in [3.63, 3.8) is 0 Å². The van der Waals surface area contributed by atoms with E-state index in [9.17, 15) is 0 Å². The summed E-state index contributed by atoms with van der Waals surface area (Å²) in [5, 5.41) is 10.8. The van der Waals surface area contributed by atoms with Gasteiger partial charge in [0.1, 0.15) is 0 Å². The molecule has 0 aromatic carbocycles. The van der Waals surface area contributed by atoms with Gasteiger partial charge in [-0.25, -0.2) is 15.0 Å². The lowest BCUT2D eigenvalue weighted by Crippen LogP contribution is -2.30. The van der Waals surface area contributed by atoms with E-state index in [1.54, 1.807) is 35.1 Å². The number of thiazole rings is 1. The molecule has 0 spiro atoms. The topological polar surface area (TPSA) is 53.9 Å². The van der Waals surface area contributed by atoms with Gasteiger partial charge in [0.25, 0.3) is 0 Å².